The van der Waals surface area contributed by atoms with E-state index in [1.54, 1.807) is 13.8 Å². The van der Waals surface area contributed by atoms with Gasteiger partial charge in [-0.3, -0.25) is 0 Å². The van der Waals surface area contributed by atoms with E-state index in [0.717, 1.165) is 12.3 Å². The second-order valence-electron chi connectivity index (χ2n) is 5.78. The Hall–Kier alpha value is -0.0900. The molecule has 1 rings (SSSR count). The van der Waals surface area contributed by atoms with Crippen LogP contribution in [0, 0.1) is 11.8 Å². The monoisotopic (exact) mass is 261 g/mol. The van der Waals surface area contributed by atoms with Crippen molar-refractivity contribution in [2.24, 2.45) is 11.8 Å². The van der Waals surface area contributed by atoms with Gasteiger partial charge in [-0.15, -0.1) is 0 Å². The van der Waals surface area contributed by atoms with Crippen LogP contribution in [0.4, 0.5) is 0 Å². The first-order valence-corrected chi connectivity index (χ1v) is 8.47. The van der Waals surface area contributed by atoms with E-state index in [1.807, 2.05) is 7.05 Å². The maximum Gasteiger partial charge on any atom is 0.152 e. The first-order chi connectivity index (χ1) is 7.86. The van der Waals surface area contributed by atoms with Gasteiger partial charge in [0.2, 0.25) is 0 Å². The smallest absolute Gasteiger partial charge is 0.152 e. The molecule has 0 aromatic heterocycles. The van der Waals surface area contributed by atoms with Crippen molar-refractivity contribution in [1.29, 1.82) is 0 Å². The first-order valence-electron chi connectivity index (χ1n) is 6.75. The molecule has 0 aliphatic heterocycles. The Balaban J connectivity index is 2.54. The van der Waals surface area contributed by atoms with Gasteiger partial charge in [0.05, 0.1) is 11.0 Å². The lowest BCUT2D eigenvalue weighted by Gasteiger charge is -2.34. The van der Waals surface area contributed by atoms with Crippen LogP contribution in [0.1, 0.15) is 46.5 Å². The molecule has 0 saturated heterocycles. The van der Waals surface area contributed by atoms with E-state index in [0.29, 0.717) is 17.7 Å². The predicted molar refractivity (Wildman–Crippen MR) is 72.9 cm³/mol. The van der Waals surface area contributed by atoms with Gasteiger partial charge >= 0.3 is 0 Å². The largest absolute Gasteiger partial charge is 0.317 e. The second-order valence-corrected chi connectivity index (χ2v) is 8.45. The fourth-order valence-corrected chi connectivity index (χ4v) is 3.85. The molecule has 17 heavy (non-hydrogen) atoms. The molecular formula is C13H27NO2S. The van der Waals surface area contributed by atoms with E-state index in [4.69, 9.17) is 0 Å². The highest BCUT2D eigenvalue weighted by Crippen LogP contribution is 2.31. The number of rotatable bonds is 5. The summed E-state index contributed by atoms with van der Waals surface area (Å²) in [5.41, 5.74) is 0. The van der Waals surface area contributed by atoms with Crippen molar-refractivity contribution >= 4 is 9.84 Å². The highest BCUT2D eigenvalue weighted by atomic mass is 32.2. The molecule has 1 saturated carbocycles. The van der Waals surface area contributed by atoms with E-state index in [-0.39, 0.29) is 5.25 Å². The molecule has 3 nitrogen and oxygen atoms in total. The minimum atomic E-state index is -2.87. The lowest BCUT2D eigenvalue weighted by Crippen LogP contribution is -2.39. The molecule has 3 atom stereocenters. The van der Waals surface area contributed by atoms with Gasteiger partial charge in [0, 0.05) is 6.04 Å². The Bertz CT molecular complexity index is 324. The van der Waals surface area contributed by atoms with Crippen molar-refractivity contribution < 1.29 is 8.42 Å². The molecule has 0 spiro atoms. The fraction of sp³-hybridized carbons (Fsp3) is 1.00. The summed E-state index contributed by atoms with van der Waals surface area (Å²) in [6.07, 6.45) is 4.43. The molecule has 0 radical (unpaired) electrons. The number of nitrogens with one attached hydrogen (secondary N) is 1. The molecule has 1 fully saturated rings. The highest BCUT2D eigenvalue weighted by Gasteiger charge is 2.29. The van der Waals surface area contributed by atoms with Crippen LogP contribution in [0.5, 0.6) is 0 Å². The molecule has 0 amide bonds. The van der Waals surface area contributed by atoms with Crippen LogP contribution in [0.3, 0.4) is 0 Å². The van der Waals surface area contributed by atoms with Crippen LogP contribution in [0.25, 0.3) is 0 Å². The van der Waals surface area contributed by atoms with E-state index in [2.05, 4.69) is 12.2 Å². The standard InChI is InChI=1S/C13H27NO2S/c1-10(2)17(15,16)8-7-12-9-11(3)5-6-13(12)14-4/h10-14H,5-9H2,1-4H3. The van der Waals surface area contributed by atoms with Crippen molar-refractivity contribution in [3.05, 3.63) is 0 Å². The summed E-state index contributed by atoms with van der Waals surface area (Å²) in [5.74, 6) is 1.61. The highest BCUT2D eigenvalue weighted by molar-refractivity contribution is 7.91. The van der Waals surface area contributed by atoms with Crippen molar-refractivity contribution in [3.8, 4) is 0 Å². The summed E-state index contributed by atoms with van der Waals surface area (Å²) >= 11 is 0. The van der Waals surface area contributed by atoms with Crippen LogP contribution in [-0.4, -0.2) is 32.5 Å². The summed E-state index contributed by atoms with van der Waals surface area (Å²) in [5, 5.41) is 3.11. The topological polar surface area (TPSA) is 46.2 Å². The van der Waals surface area contributed by atoms with Gasteiger partial charge in [0.15, 0.2) is 9.84 Å². The third-order valence-electron chi connectivity index (χ3n) is 4.11. The van der Waals surface area contributed by atoms with Crippen molar-refractivity contribution in [2.45, 2.75) is 57.7 Å². The first kappa shape index (κ1) is 15.0. The van der Waals surface area contributed by atoms with Crippen LogP contribution < -0.4 is 5.32 Å². The maximum atomic E-state index is 11.8. The lowest BCUT2D eigenvalue weighted by atomic mass is 9.77. The lowest BCUT2D eigenvalue weighted by molar-refractivity contribution is 0.216. The SMILES string of the molecule is CNC1CCC(C)CC1CCS(=O)(=O)C(C)C. The third kappa shape index (κ3) is 4.25. The quantitative estimate of drug-likeness (QED) is 0.825. The Morgan fingerprint density at radius 1 is 1.29 bits per heavy atom. The van der Waals surface area contributed by atoms with Crippen LogP contribution in [0.2, 0.25) is 0 Å². The second kappa shape index (κ2) is 6.19. The summed E-state index contributed by atoms with van der Waals surface area (Å²) < 4.78 is 23.7. The van der Waals surface area contributed by atoms with Gasteiger partial charge in [-0.1, -0.05) is 6.92 Å². The number of hydrogen-bond acceptors (Lipinski definition) is 3. The summed E-state index contributed by atoms with van der Waals surface area (Å²) in [6, 6.07) is 0.508. The molecule has 1 aliphatic carbocycles. The molecule has 0 bridgehead atoms. The third-order valence-corrected chi connectivity index (χ3v) is 6.35. The average Bonchev–Trinajstić information content (AvgIpc) is 2.26. The van der Waals surface area contributed by atoms with E-state index < -0.39 is 9.84 Å². The number of sulfone groups is 1. The molecule has 0 heterocycles. The van der Waals surface area contributed by atoms with E-state index >= 15 is 0 Å². The number of hydrogen-bond donors (Lipinski definition) is 1. The average molecular weight is 261 g/mol. The van der Waals surface area contributed by atoms with Gasteiger partial charge in [0.1, 0.15) is 0 Å². The van der Waals surface area contributed by atoms with E-state index in [1.165, 1.54) is 19.3 Å². The molecule has 0 aromatic rings. The zero-order valence-electron chi connectivity index (χ0n) is 11.6. The van der Waals surface area contributed by atoms with Crippen LogP contribution in [0.15, 0.2) is 0 Å². The summed E-state index contributed by atoms with van der Waals surface area (Å²) in [7, 11) is -0.884. The van der Waals surface area contributed by atoms with Gasteiger partial charge in [-0.25, -0.2) is 8.42 Å². The molecule has 1 N–H and O–H groups in total. The van der Waals surface area contributed by atoms with Gasteiger partial charge in [0.25, 0.3) is 0 Å². The normalized spacial score (nSPS) is 30.8. The molecule has 102 valence electrons. The Labute approximate surface area is 106 Å². The Kier molecular flexibility index (Phi) is 5.45. The van der Waals surface area contributed by atoms with Crippen molar-refractivity contribution in [1.82, 2.24) is 5.32 Å². The van der Waals surface area contributed by atoms with Crippen LogP contribution in [-0.2, 0) is 9.84 Å². The molecule has 0 aromatic carbocycles. The fourth-order valence-electron chi connectivity index (χ4n) is 2.75. The van der Waals surface area contributed by atoms with Crippen LogP contribution >= 0.6 is 0 Å². The minimum absolute atomic E-state index is 0.239. The zero-order chi connectivity index (χ0) is 13.1. The van der Waals surface area contributed by atoms with Gasteiger partial charge in [-0.05, 0) is 58.4 Å². The summed E-state index contributed by atoms with van der Waals surface area (Å²) in [6.45, 7) is 5.82. The van der Waals surface area contributed by atoms with Crippen molar-refractivity contribution in [2.75, 3.05) is 12.8 Å². The summed E-state index contributed by atoms with van der Waals surface area (Å²) in [4.78, 5) is 0. The molecule has 1 aliphatic rings. The van der Waals surface area contributed by atoms with Gasteiger partial charge in [-0.2, -0.15) is 0 Å². The van der Waals surface area contributed by atoms with E-state index in [9.17, 15) is 8.42 Å². The van der Waals surface area contributed by atoms with Gasteiger partial charge < -0.3 is 5.32 Å². The predicted octanol–water partition coefficient (Wildman–Crippen LogP) is 2.22. The maximum absolute atomic E-state index is 11.8. The minimum Gasteiger partial charge on any atom is -0.317 e. The zero-order valence-corrected chi connectivity index (χ0v) is 12.4. The Morgan fingerprint density at radius 2 is 1.94 bits per heavy atom. The molecular weight excluding hydrogens is 234 g/mol. The Morgan fingerprint density at radius 3 is 2.47 bits per heavy atom. The molecule has 4 heteroatoms. The van der Waals surface area contributed by atoms with Crippen molar-refractivity contribution in [3.63, 3.8) is 0 Å². The molecule has 3 unspecified atom stereocenters.